The SMILES string of the molecule is NC(=O)CN1CCC(NC(=O)[C@@H]2CC(=O)N(Cc3cccc(C(F)(F)F)c3)C2)CC1. The first-order valence-corrected chi connectivity index (χ1v) is 9.87. The molecule has 0 aromatic heterocycles. The monoisotopic (exact) mass is 426 g/mol. The molecule has 1 atom stereocenters. The van der Waals surface area contributed by atoms with Crippen molar-refractivity contribution in [1.29, 1.82) is 0 Å². The van der Waals surface area contributed by atoms with Crippen molar-refractivity contribution in [1.82, 2.24) is 15.1 Å². The second-order valence-corrected chi connectivity index (χ2v) is 7.90. The van der Waals surface area contributed by atoms with E-state index in [1.54, 1.807) is 0 Å². The number of nitrogens with one attached hydrogen (secondary N) is 1. The van der Waals surface area contributed by atoms with E-state index in [0.29, 0.717) is 31.5 Å². The Hall–Kier alpha value is -2.62. The van der Waals surface area contributed by atoms with Crippen LogP contribution >= 0.6 is 0 Å². The summed E-state index contributed by atoms with van der Waals surface area (Å²) in [5.74, 6) is -1.37. The van der Waals surface area contributed by atoms with E-state index in [2.05, 4.69) is 5.32 Å². The van der Waals surface area contributed by atoms with E-state index in [9.17, 15) is 27.6 Å². The highest BCUT2D eigenvalue weighted by atomic mass is 19.4. The molecule has 2 aliphatic rings. The second-order valence-electron chi connectivity index (χ2n) is 7.90. The van der Waals surface area contributed by atoms with Gasteiger partial charge in [0.2, 0.25) is 17.7 Å². The number of alkyl halides is 3. The van der Waals surface area contributed by atoms with E-state index in [-0.39, 0.29) is 49.8 Å². The minimum Gasteiger partial charge on any atom is -0.369 e. The first kappa shape index (κ1) is 22.1. The molecule has 3 rings (SSSR count). The number of hydrogen-bond acceptors (Lipinski definition) is 4. The molecule has 2 aliphatic heterocycles. The van der Waals surface area contributed by atoms with Crippen LogP contribution in [-0.4, -0.2) is 59.7 Å². The molecule has 0 spiro atoms. The van der Waals surface area contributed by atoms with Crippen molar-refractivity contribution in [2.24, 2.45) is 11.7 Å². The highest BCUT2D eigenvalue weighted by Crippen LogP contribution is 2.30. The lowest BCUT2D eigenvalue weighted by Crippen LogP contribution is -2.48. The maximum Gasteiger partial charge on any atom is 0.416 e. The van der Waals surface area contributed by atoms with Gasteiger partial charge in [-0.2, -0.15) is 13.2 Å². The van der Waals surface area contributed by atoms with Crippen LogP contribution in [-0.2, 0) is 27.1 Å². The highest BCUT2D eigenvalue weighted by Gasteiger charge is 2.36. The summed E-state index contributed by atoms with van der Waals surface area (Å²) >= 11 is 0. The molecule has 3 N–H and O–H groups in total. The Morgan fingerprint density at radius 2 is 1.90 bits per heavy atom. The molecule has 0 bridgehead atoms. The maximum atomic E-state index is 12.9. The lowest BCUT2D eigenvalue weighted by Gasteiger charge is -2.32. The van der Waals surface area contributed by atoms with Crippen molar-refractivity contribution in [3.63, 3.8) is 0 Å². The van der Waals surface area contributed by atoms with Crippen LogP contribution in [0.25, 0.3) is 0 Å². The van der Waals surface area contributed by atoms with E-state index in [1.165, 1.54) is 17.0 Å². The number of carbonyl (C=O) groups excluding carboxylic acids is 3. The number of likely N-dealkylation sites (tertiary alicyclic amines) is 2. The van der Waals surface area contributed by atoms with E-state index in [1.807, 2.05) is 4.90 Å². The van der Waals surface area contributed by atoms with Crippen molar-refractivity contribution in [2.45, 2.75) is 38.0 Å². The topological polar surface area (TPSA) is 95.7 Å². The summed E-state index contributed by atoms with van der Waals surface area (Å²) in [7, 11) is 0. The number of amides is 3. The summed E-state index contributed by atoms with van der Waals surface area (Å²) in [6.07, 6.45) is -3.02. The maximum absolute atomic E-state index is 12.9. The van der Waals surface area contributed by atoms with Gasteiger partial charge < -0.3 is 16.0 Å². The second kappa shape index (κ2) is 9.03. The number of halogens is 3. The number of piperidine rings is 1. The molecule has 0 aliphatic carbocycles. The summed E-state index contributed by atoms with van der Waals surface area (Å²) < 4.78 is 38.6. The molecule has 7 nitrogen and oxygen atoms in total. The normalized spacial score (nSPS) is 21.1. The van der Waals surface area contributed by atoms with Crippen LogP contribution in [0.3, 0.4) is 0 Å². The molecule has 2 fully saturated rings. The molecule has 0 saturated carbocycles. The molecule has 1 aromatic carbocycles. The summed E-state index contributed by atoms with van der Waals surface area (Å²) in [5.41, 5.74) is 4.80. The summed E-state index contributed by atoms with van der Waals surface area (Å²) in [6, 6.07) is 4.83. The van der Waals surface area contributed by atoms with Crippen LogP contribution in [0.5, 0.6) is 0 Å². The smallest absolute Gasteiger partial charge is 0.369 e. The average molecular weight is 426 g/mol. The Kier molecular flexibility index (Phi) is 6.64. The fourth-order valence-corrected chi connectivity index (χ4v) is 3.94. The lowest BCUT2D eigenvalue weighted by atomic mass is 10.0. The molecular weight excluding hydrogens is 401 g/mol. The van der Waals surface area contributed by atoms with Crippen LogP contribution in [0.1, 0.15) is 30.4 Å². The van der Waals surface area contributed by atoms with E-state index < -0.39 is 17.7 Å². The van der Waals surface area contributed by atoms with E-state index in [4.69, 9.17) is 5.73 Å². The minimum absolute atomic E-state index is 0.0331. The van der Waals surface area contributed by atoms with Crippen molar-refractivity contribution in [3.05, 3.63) is 35.4 Å². The van der Waals surface area contributed by atoms with Gasteiger partial charge in [-0.3, -0.25) is 19.3 Å². The third-order valence-corrected chi connectivity index (χ3v) is 5.53. The van der Waals surface area contributed by atoms with E-state index in [0.717, 1.165) is 12.1 Å². The molecule has 3 amide bonds. The molecule has 2 heterocycles. The van der Waals surface area contributed by atoms with Gasteiger partial charge in [0, 0.05) is 38.6 Å². The molecule has 30 heavy (non-hydrogen) atoms. The molecule has 2 saturated heterocycles. The zero-order valence-electron chi connectivity index (χ0n) is 16.5. The molecule has 1 aromatic rings. The zero-order valence-corrected chi connectivity index (χ0v) is 16.5. The Bertz CT molecular complexity index is 807. The van der Waals surface area contributed by atoms with Gasteiger partial charge in [0.15, 0.2) is 0 Å². The number of nitrogens with two attached hydrogens (primary N) is 1. The van der Waals surface area contributed by atoms with Crippen molar-refractivity contribution >= 4 is 17.7 Å². The summed E-state index contributed by atoms with van der Waals surface area (Å²) in [4.78, 5) is 39.2. The predicted octanol–water partition coefficient (Wildman–Crippen LogP) is 1.12. The van der Waals surface area contributed by atoms with Crippen LogP contribution in [0.4, 0.5) is 13.2 Å². The number of nitrogens with zero attached hydrogens (tertiary/aromatic N) is 2. The number of rotatable bonds is 6. The molecular formula is C20H25F3N4O3. The first-order chi connectivity index (χ1) is 14.1. The first-order valence-electron chi connectivity index (χ1n) is 9.87. The Balaban J connectivity index is 1.51. The third kappa shape index (κ3) is 5.71. The molecule has 0 radical (unpaired) electrons. The van der Waals surface area contributed by atoms with Crippen molar-refractivity contribution in [2.75, 3.05) is 26.2 Å². The Morgan fingerprint density at radius 1 is 1.20 bits per heavy atom. The number of benzene rings is 1. The fourth-order valence-electron chi connectivity index (χ4n) is 3.94. The number of hydrogen-bond donors (Lipinski definition) is 2. The largest absolute Gasteiger partial charge is 0.416 e. The fraction of sp³-hybridized carbons (Fsp3) is 0.550. The van der Waals surface area contributed by atoms with Gasteiger partial charge in [-0.05, 0) is 30.5 Å². The van der Waals surface area contributed by atoms with Gasteiger partial charge in [-0.15, -0.1) is 0 Å². The van der Waals surface area contributed by atoms with Gasteiger partial charge in [0.25, 0.3) is 0 Å². The number of primary amides is 1. The van der Waals surface area contributed by atoms with Gasteiger partial charge in [-0.25, -0.2) is 0 Å². The van der Waals surface area contributed by atoms with E-state index >= 15 is 0 Å². The van der Waals surface area contributed by atoms with Crippen molar-refractivity contribution in [3.8, 4) is 0 Å². The molecule has 164 valence electrons. The van der Waals surface area contributed by atoms with Gasteiger partial charge in [0.1, 0.15) is 0 Å². The number of carbonyl (C=O) groups is 3. The third-order valence-electron chi connectivity index (χ3n) is 5.53. The summed E-state index contributed by atoms with van der Waals surface area (Å²) in [6.45, 7) is 1.72. The highest BCUT2D eigenvalue weighted by molar-refractivity contribution is 5.89. The van der Waals surface area contributed by atoms with Crippen LogP contribution in [0, 0.1) is 5.92 Å². The minimum atomic E-state index is -4.44. The van der Waals surface area contributed by atoms with Gasteiger partial charge in [0.05, 0.1) is 18.0 Å². The molecule has 10 heteroatoms. The average Bonchev–Trinajstić information content (AvgIpc) is 3.03. The van der Waals surface area contributed by atoms with Crippen molar-refractivity contribution < 1.29 is 27.6 Å². The predicted molar refractivity (Wildman–Crippen MR) is 102 cm³/mol. The quantitative estimate of drug-likeness (QED) is 0.713. The standard InChI is InChI=1S/C20H25F3N4O3/c21-20(22,23)15-3-1-2-13(8-15)10-27-11-14(9-18(27)29)19(30)25-16-4-6-26(7-5-16)12-17(24)28/h1-3,8,14,16H,4-7,9-12H2,(H2,24,28)(H,25,30)/t14-/m1/s1. The zero-order chi connectivity index (χ0) is 21.9. The van der Waals surface area contributed by atoms with Gasteiger partial charge in [-0.1, -0.05) is 12.1 Å². The summed E-state index contributed by atoms with van der Waals surface area (Å²) in [5, 5.41) is 2.96. The Morgan fingerprint density at radius 3 is 2.53 bits per heavy atom. The lowest BCUT2D eigenvalue weighted by molar-refractivity contribution is -0.137. The Labute approximate surface area is 172 Å². The molecule has 0 unspecified atom stereocenters. The van der Waals surface area contributed by atoms with Crippen LogP contribution in [0.2, 0.25) is 0 Å². The van der Waals surface area contributed by atoms with Crippen LogP contribution < -0.4 is 11.1 Å². The van der Waals surface area contributed by atoms with Gasteiger partial charge >= 0.3 is 6.18 Å². The van der Waals surface area contributed by atoms with Crippen LogP contribution in [0.15, 0.2) is 24.3 Å².